The van der Waals surface area contributed by atoms with Gasteiger partial charge < -0.3 is 5.32 Å². The van der Waals surface area contributed by atoms with Crippen molar-refractivity contribution in [1.82, 2.24) is 20.1 Å². The number of alkyl halides is 3. The molecule has 0 bridgehead atoms. The van der Waals surface area contributed by atoms with Gasteiger partial charge in [0.25, 0.3) is 0 Å². The van der Waals surface area contributed by atoms with Crippen LogP contribution in [0.1, 0.15) is 42.0 Å². The Bertz CT molecular complexity index is 1660. The molecule has 8 nitrogen and oxygen atoms in total. The highest BCUT2D eigenvalue weighted by Gasteiger charge is 2.32. The van der Waals surface area contributed by atoms with Gasteiger partial charge in [-0.25, -0.2) is 14.5 Å². The second-order valence-electron chi connectivity index (χ2n) is 10.4. The number of aliphatic imine (C=N–C) groups is 1. The lowest BCUT2D eigenvalue weighted by Gasteiger charge is -2.22. The monoisotopic (exact) mass is 606 g/mol. The van der Waals surface area contributed by atoms with Gasteiger partial charge >= 0.3 is 12.2 Å². The Balaban J connectivity index is 1.18. The lowest BCUT2D eigenvalue weighted by molar-refractivity contribution is -0.137. The summed E-state index contributed by atoms with van der Waals surface area (Å²) >= 11 is 1.24. The fraction of sp³-hybridized carbons (Fsp3) is 0.258. The largest absolute Gasteiger partial charge is 0.416 e. The molecule has 5 rings (SSSR count). The topological polar surface area (TPSA) is 92.5 Å². The standard InChI is InChI=1S/C31H29F3N6O2S/c1-19(2)25-16-20(3)4-13-26(25)40-27(41)17-43-30(40)37-29(42)35-15-14-21-5-7-22(8-6-21)28-36-18-39(38-28)24-11-9-23(10-12-24)31(32,33)34/h4-13,16,18-19H,14-15,17H2,1-3H3,(H,35,42). The SMILES string of the molecule is Cc1ccc(N2C(=O)CSC2=NC(=O)NCCc2ccc(-c3ncn(-c4ccc(C(F)(F)F)cc4)n3)cc2)c(C(C)C)c1. The van der Waals surface area contributed by atoms with Crippen molar-refractivity contribution in [2.75, 3.05) is 17.2 Å². The van der Waals surface area contributed by atoms with E-state index in [1.54, 1.807) is 0 Å². The van der Waals surface area contributed by atoms with Crippen molar-refractivity contribution in [1.29, 1.82) is 0 Å². The molecular formula is C31H29F3N6O2S. The number of halogens is 3. The van der Waals surface area contributed by atoms with E-state index in [2.05, 4.69) is 40.3 Å². The number of rotatable bonds is 7. The summed E-state index contributed by atoms with van der Waals surface area (Å²) in [6.07, 6.45) is -2.40. The number of hydrogen-bond acceptors (Lipinski definition) is 5. The molecule has 4 aromatic rings. The van der Waals surface area contributed by atoms with Crippen LogP contribution >= 0.6 is 11.8 Å². The van der Waals surface area contributed by atoms with E-state index in [0.29, 0.717) is 29.6 Å². The van der Waals surface area contributed by atoms with Gasteiger partial charge in [0.1, 0.15) is 6.33 Å². The quantitative estimate of drug-likeness (QED) is 0.251. The maximum absolute atomic E-state index is 12.8. The van der Waals surface area contributed by atoms with Crippen molar-refractivity contribution in [2.45, 2.75) is 39.3 Å². The minimum absolute atomic E-state index is 0.110. The fourth-order valence-corrected chi connectivity index (χ4v) is 5.46. The lowest BCUT2D eigenvalue weighted by atomic mass is 9.98. The van der Waals surface area contributed by atoms with Gasteiger partial charge in [0.15, 0.2) is 11.0 Å². The van der Waals surface area contributed by atoms with Gasteiger partial charge in [0.05, 0.1) is 22.7 Å². The molecule has 1 N–H and O–H groups in total. The van der Waals surface area contributed by atoms with Gasteiger partial charge in [-0.05, 0) is 60.7 Å². The summed E-state index contributed by atoms with van der Waals surface area (Å²) in [5, 5.41) is 7.54. The van der Waals surface area contributed by atoms with Crippen molar-refractivity contribution in [3.8, 4) is 17.1 Å². The van der Waals surface area contributed by atoms with Gasteiger partial charge in [0.2, 0.25) is 5.91 Å². The van der Waals surface area contributed by atoms with Crippen LogP contribution in [-0.2, 0) is 17.4 Å². The Morgan fingerprint density at radius 2 is 1.79 bits per heavy atom. The van der Waals surface area contributed by atoms with Crippen LogP contribution in [0.25, 0.3) is 17.1 Å². The number of nitrogens with one attached hydrogen (secondary N) is 1. The second-order valence-corrected chi connectivity index (χ2v) is 11.3. The Hall–Kier alpha value is -4.45. The van der Waals surface area contributed by atoms with E-state index in [1.807, 2.05) is 43.3 Å². The van der Waals surface area contributed by atoms with Crippen LogP contribution in [0.15, 0.2) is 78.0 Å². The van der Waals surface area contributed by atoms with Crippen LogP contribution in [0.5, 0.6) is 0 Å². The summed E-state index contributed by atoms with van der Waals surface area (Å²) in [6.45, 7) is 6.47. The van der Waals surface area contributed by atoms with Crippen LogP contribution in [0.2, 0.25) is 0 Å². The first kappa shape index (κ1) is 30.0. The number of carbonyl (C=O) groups is 2. The average molecular weight is 607 g/mol. The van der Waals surface area contributed by atoms with E-state index in [9.17, 15) is 22.8 Å². The number of amides is 3. The third-order valence-corrected chi connectivity index (χ3v) is 7.78. The highest BCUT2D eigenvalue weighted by Crippen LogP contribution is 2.34. The van der Waals surface area contributed by atoms with E-state index in [1.165, 1.54) is 39.8 Å². The number of nitrogens with zero attached hydrogens (tertiary/aromatic N) is 5. The van der Waals surface area contributed by atoms with Crippen molar-refractivity contribution in [2.24, 2.45) is 4.99 Å². The fourth-order valence-electron chi connectivity index (χ4n) is 4.61. The van der Waals surface area contributed by atoms with E-state index in [0.717, 1.165) is 40.1 Å². The molecule has 12 heteroatoms. The Labute approximate surface area is 251 Å². The molecule has 1 fully saturated rings. The number of thioether (sulfide) groups is 1. The van der Waals surface area contributed by atoms with Crippen LogP contribution < -0.4 is 10.2 Å². The van der Waals surface area contributed by atoms with Crippen molar-refractivity contribution < 1.29 is 22.8 Å². The molecule has 0 radical (unpaired) electrons. The zero-order valence-electron chi connectivity index (χ0n) is 23.7. The van der Waals surface area contributed by atoms with Gasteiger partial charge in [-0.2, -0.15) is 18.2 Å². The lowest BCUT2D eigenvalue weighted by Crippen LogP contribution is -2.32. The van der Waals surface area contributed by atoms with E-state index in [-0.39, 0.29) is 17.6 Å². The Morgan fingerprint density at radius 1 is 1.07 bits per heavy atom. The summed E-state index contributed by atoms with van der Waals surface area (Å²) < 4.78 is 39.9. The molecule has 0 aliphatic carbocycles. The van der Waals surface area contributed by atoms with Crippen molar-refractivity contribution >= 4 is 34.6 Å². The molecule has 1 saturated heterocycles. The zero-order chi connectivity index (χ0) is 30.7. The van der Waals surface area contributed by atoms with Gasteiger partial charge in [-0.1, -0.05) is 67.6 Å². The highest BCUT2D eigenvalue weighted by molar-refractivity contribution is 8.15. The van der Waals surface area contributed by atoms with Crippen LogP contribution in [-0.4, -0.2) is 44.2 Å². The maximum Gasteiger partial charge on any atom is 0.416 e. The van der Waals surface area contributed by atoms with Crippen molar-refractivity contribution in [3.05, 3.63) is 95.3 Å². The van der Waals surface area contributed by atoms with Crippen molar-refractivity contribution in [3.63, 3.8) is 0 Å². The zero-order valence-corrected chi connectivity index (χ0v) is 24.5. The first-order valence-corrected chi connectivity index (χ1v) is 14.6. The number of urea groups is 1. The second kappa shape index (κ2) is 12.4. The smallest absolute Gasteiger partial charge is 0.336 e. The molecule has 43 heavy (non-hydrogen) atoms. The molecule has 0 atom stereocenters. The highest BCUT2D eigenvalue weighted by atomic mass is 32.2. The predicted molar refractivity (Wildman–Crippen MR) is 162 cm³/mol. The first-order chi connectivity index (χ1) is 20.5. The minimum atomic E-state index is -4.40. The Morgan fingerprint density at radius 3 is 2.47 bits per heavy atom. The molecule has 0 unspecified atom stereocenters. The molecule has 2 heterocycles. The summed E-state index contributed by atoms with van der Waals surface area (Å²) in [5.41, 5.74) is 4.31. The summed E-state index contributed by atoms with van der Waals surface area (Å²) in [7, 11) is 0. The number of benzene rings is 3. The average Bonchev–Trinajstić information content (AvgIpc) is 3.60. The molecule has 3 aromatic carbocycles. The van der Waals surface area contributed by atoms with Crippen LogP contribution in [0, 0.1) is 6.92 Å². The van der Waals surface area contributed by atoms with E-state index in [4.69, 9.17) is 0 Å². The van der Waals surface area contributed by atoms with Crippen LogP contribution in [0.4, 0.5) is 23.7 Å². The van der Waals surface area contributed by atoms with Gasteiger partial charge in [-0.3, -0.25) is 9.69 Å². The number of aromatic nitrogens is 3. The van der Waals surface area contributed by atoms with E-state index >= 15 is 0 Å². The van der Waals surface area contributed by atoms with E-state index < -0.39 is 17.8 Å². The maximum atomic E-state index is 12.8. The summed E-state index contributed by atoms with van der Waals surface area (Å²) in [4.78, 5) is 35.4. The number of carbonyl (C=O) groups excluding carboxylic acids is 2. The third-order valence-electron chi connectivity index (χ3n) is 6.86. The number of anilines is 1. The molecule has 0 saturated carbocycles. The normalized spacial score (nSPS) is 14.6. The summed E-state index contributed by atoms with van der Waals surface area (Å²) in [5.74, 6) is 0.737. The molecule has 1 aromatic heterocycles. The number of hydrogen-bond donors (Lipinski definition) is 1. The molecule has 0 spiro atoms. The van der Waals surface area contributed by atoms with Crippen LogP contribution in [0.3, 0.4) is 0 Å². The molecular weight excluding hydrogens is 577 g/mol. The molecule has 1 aliphatic rings. The molecule has 222 valence electrons. The first-order valence-electron chi connectivity index (χ1n) is 13.6. The number of amidine groups is 1. The summed E-state index contributed by atoms with van der Waals surface area (Å²) in [6, 6.07) is 17.6. The Kier molecular flexibility index (Phi) is 8.67. The molecule has 1 aliphatic heterocycles. The van der Waals surface area contributed by atoms with Gasteiger partial charge in [-0.15, -0.1) is 5.10 Å². The third kappa shape index (κ3) is 6.96. The van der Waals surface area contributed by atoms with Gasteiger partial charge in [0, 0.05) is 12.1 Å². The predicted octanol–water partition coefficient (Wildman–Crippen LogP) is 6.77. The number of aryl methyl sites for hydroxylation is 1. The molecule has 3 amide bonds. The minimum Gasteiger partial charge on any atom is -0.336 e.